The zero-order valence-electron chi connectivity index (χ0n) is 16.4. The summed E-state index contributed by atoms with van der Waals surface area (Å²) in [7, 11) is 2.06. The third-order valence-electron chi connectivity index (χ3n) is 6.47. The lowest BCUT2D eigenvalue weighted by molar-refractivity contribution is -0.138. The lowest BCUT2D eigenvalue weighted by Crippen LogP contribution is -2.41. The van der Waals surface area contributed by atoms with Gasteiger partial charge in [0.2, 0.25) is 11.8 Å². The van der Waals surface area contributed by atoms with Crippen LogP contribution in [0.2, 0.25) is 0 Å². The number of benzene rings is 1. The summed E-state index contributed by atoms with van der Waals surface area (Å²) in [5.74, 6) is 0.721. The molecule has 1 aromatic heterocycles. The number of para-hydroxylation sites is 1. The summed E-state index contributed by atoms with van der Waals surface area (Å²) in [5.41, 5.74) is 3.46. The Labute approximate surface area is 160 Å². The van der Waals surface area contributed by atoms with Gasteiger partial charge in [-0.25, -0.2) is 0 Å². The largest absolute Gasteiger partial charge is 0.348 e. The zero-order chi connectivity index (χ0) is 19.0. The molecule has 1 aromatic carbocycles. The zero-order valence-corrected chi connectivity index (χ0v) is 16.4. The van der Waals surface area contributed by atoms with Crippen LogP contribution in [-0.2, 0) is 23.1 Å². The van der Waals surface area contributed by atoms with Gasteiger partial charge in [-0.05, 0) is 37.8 Å². The Morgan fingerprint density at radius 2 is 1.70 bits per heavy atom. The van der Waals surface area contributed by atoms with Crippen LogP contribution in [0.5, 0.6) is 0 Å². The van der Waals surface area contributed by atoms with Gasteiger partial charge >= 0.3 is 0 Å². The quantitative estimate of drug-likeness (QED) is 0.837. The Morgan fingerprint density at radius 3 is 2.44 bits per heavy atom. The van der Waals surface area contributed by atoms with Gasteiger partial charge in [-0.2, -0.15) is 0 Å². The molecule has 0 atom stereocenters. The molecule has 0 radical (unpaired) electrons. The monoisotopic (exact) mass is 367 g/mol. The molecule has 1 saturated heterocycles. The summed E-state index contributed by atoms with van der Waals surface area (Å²) >= 11 is 0. The number of hydrogen-bond donors (Lipinski definition) is 0. The fourth-order valence-electron chi connectivity index (χ4n) is 4.39. The molecule has 2 fully saturated rings. The fourth-order valence-corrected chi connectivity index (χ4v) is 4.39. The Hall–Kier alpha value is -2.30. The van der Waals surface area contributed by atoms with Gasteiger partial charge in [-0.3, -0.25) is 9.59 Å². The van der Waals surface area contributed by atoms with Gasteiger partial charge in [0.05, 0.1) is 6.42 Å². The minimum absolute atomic E-state index is 0.174. The minimum Gasteiger partial charge on any atom is -0.348 e. The van der Waals surface area contributed by atoms with Crippen molar-refractivity contribution >= 4 is 22.7 Å². The van der Waals surface area contributed by atoms with Gasteiger partial charge in [0.15, 0.2) is 0 Å². The van der Waals surface area contributed by atoms with Crippen molar-refractivity contribution in [2.45, 2.75) is 39.0 Å². The molecule has 1 aliphatic heterocycles. The molecule has 1 saturated carbocycles. The molecule has 27 heavy (non-hydrogen) atoms. The first-order valence-electron chi connectivity index (χ1n) is 10.2. The number of aryl methyl sites for hydroxylation is 1. The van der Waals surface area contributed by atoms with Crippen LogP contribution in [0, 0.1) is 12.8 Å². The highest BCUT2D eigenvalue weighted by molar-refractivity contribution is 5.90. The lowest BCUT2D eigenvalue weighted by atomic mass is 9.84. The number of nitrogens with zero attached hydrogens (tertiary/aromatic N) is 3. The van der Waals surface area contributed by atoms with Crippen molar-refractivity contribution in [1.82, 2.24) is 14.4 Å². The summed E-state index contributed by atoms with van der Waals surface area (Å²) in [5, 5.41) is 1.17. The predicted octanol–water partition coefficient (Wildman–Crippen LogP) is 2.89. The molecule has 2 aliphatic rings. The summed E-state index contributed by atoms with van der Waals surface area (Å²) < 4.78 is 2.17. The highest BCUT2D eigenvalue weighted by Gasteiger charge is 2.31. The number of carbonyl (C=O) groups is 2. The molecule has 5 heteroatoms. The normalized spacial score (nSPS) is 18.4. The molecule has 2 aromatic rings. The van der Waals surface area contributed by atoms with Crippen LogP contribution >= 0.6 is 0 Å². The van der Waals surface area contributed by atoms with Crippen LogP contribution in [0.4, 0.5) is 0 Å². The average Bonchev–Trinajstić information content (AvgIpc) is 2.82. The molecule has 0 unspecified atom stereocenters. The van der Waals surface area contributed by atoms with Crippen LogP contribution in [0.3, 0.4) is 0 Å². The number of hydrogen-bond acceptors (Lipinski definition) is 2. The van der Waals surface area contributed by atoms with Crippen LogP contribution in [0.25, 0.3) is 10.9 Å². The lowest BCUT2D eigenvalue weighted by Gasteiger charge is -2.31. The molecule has 0 bridgehead atoms. The standard InChI is InChI=1S/C22H29N3O2/c1-16-19(18-9-3-4-10-20(18)23(16)2)15-21(26)24-11-6-12-25(14-13-24)22(27)17-7-5-8-17/h3-4,9-10,17H,5-8,11-15H2,1-2H3. The number of carbonyl (C=O) groups excluding carboxylic acids is 2. The topological polar surface area (TPSA) is 45.6 Å². The summed E-state index contributed by atoms with van der Waals surface area (Å²) in [6, 6.07) is 8.28. The van der Waals surface area contributed by atoms with E-state index in [1.807, 2.05) is 21.9 Å². The maximum absolute atomic E-state index is 13.0. The van der Waals surface area contributed by atoms with E-state index in [1.54, 1.807) is 0 Å². The van der Waals surface area contributed by atoms with E-state index in [2.05, 4.69) is 30.7 Å². The van der Waals surface area contributed by atoms with Gasteiger partial charge in [0.1, 0.15) is 0 Å². The highest BCUT2D eigenvalue weighted by Crippen LogP contribution is 2.29. The van der Waals surface area contributed by atoms with Crippen molar-refractivity contribution in [2.24, 2.45) is 13.0 Å². The van der Waals surface area contributed by atoms with Gasteiger partial charge in [-0.15, -0.1) is 0 Å². The van der Waals surface area contributed by atoms with Gasteiger partial charge in [0, 0.05) is 55.7 Å². The second kappa shape index (κ2) is 7.37. The number of amides is 2. The maximum atomic E-state index is 13.0. The van der Waals surface area contributed by atoms with E-state index in [0.717, 1.165) is 43.6 Å². The molecule has 2 amide bonds. The molecule has 1 aliphatic carbocycles. The molecular formula is C22H29N3O2. The van der Waals surface area contributed by atoms with E-state index in [9.17, 15) is 9.59 Å². The predicted molar refractivity (Wildman–Crippen MR) is 106 cm³/mol. The number of fused-ring (bicyclic) bond motifs is 1. The first-order chi connectivity index (χ1) is 13.1. The molecular weight excluding hydrogens is 338 g/mol. The Bertz CT molecular complexity index is 866. The summed E-state index contributed by atoms with van der Waals surface area (Å²) in [6.45, 7) is 4.95. The second-order valence-electron chi connectivity index (χ2n) is 8.00. The summed E-state index contributed by atoms with van der Waals surface area (Å²) in [6.07, 6.45) is 4.57. The third-order valence-corrected chi connectivity index (χ3v) is 6.47. The molecule has 2 heterocycles. The van der Waals surface area contributed by atoms with Gasteiger partial charge < -0.3 is 14.4 Å². The van der Waals surface area contributed by atoms with Crippen LogP contribution < -0.4 is 0 Å². The average molecular weight is 367 g/mol. The first-order valence-corrected chi connectivity index (χ1v) is 10.2. The maximum Gasteiger partial charge on any atom is 0.227 e. The second-order valence-corrected chi connectivity index (χ2v) is 8.00. The molecule has 144 valence electrons. The van der Waals surface area contributed by atoms with Crippen LogP contribution in [0.1, 0.15) is 36.9 Å². The van der Waals surface area contributed by atoms with Gasteiger partial charge in [-0.1, -0.05) is 24.6 Å². The van der Waals surface area contributed by atoms with Crippen molar-refractivity contribution < 1.29 is 9.59 Å². The van der Waals surface area contributed by atoms with Crippen molar-refractivity contribution in [3.05, 3.63) is 35.5 Å². The van der Waals surface area contributed by atoms with E-state index in [1.165, 1.54) is 17.3 Å². The number of rotatable bonds is 3. The van der Waals surface area contributed by atoms with Crippen molar-refractivity contribution in [3.8, 4) is 0 Å². The van der Waals surface area contributed by atoms with Gasteiger partial charge in [0.25, 0.3) is 0 Å². The first kappa shape index (κ1) is 18.1. The third kappa shape index (κ3) is 3.35. The van der Waals surface area contributed by atoms with Crippen LogP contribution in [-0.4, -0.2) is 52.4 Å². The smallest absolute Gasteiger partial charge is 0.227 e. The molecule has 0 N–H and O–H groups in total. The number of aromatic nitrogens is 1. The van der Waals surface area contributed by atoms with E-state index in [4.69, 9.17) is 0 Å². The van der Waals surface area contributed by atoms with Crippen molar-refractivity contribution in [3.63, 3.8) is 0 Å². The molecule has 5 nitrogen and oxygen atoms in total. The van der Waals surface area contributed by atoms with E-state index < -0.39 is 0 Å². The van der Waals surface area contributed by atoms with E-state index in [0.29, 0.717) is 25.4 Å². The SMILES string of the molecule is Cc1c(CC(=O)N2CCCN(C(=O)C3CCC3)CC2)c2ccccc2n1C. The molecule has 4 rings (SSSR count). The van der Waals surface area contributed by atoms with Crippen molar-refractivity contribution in [2.75, 3.05) is 26.2 Å². The Morgan fingerprint density at radius 1 is 1.00 bits per heavy atom. The van der Waals surface area contributed by atoms with E-state index in [-0.39, 0.29) is 11.8 Å². The highest BCUT2D eigenvalue weighted by atomic mass is 16.2. The van der Waals surface area contributed by atoms with E-state index >= 15 is 0 Å². The minimum atomic E-state index is 0.174. The summed E-state index contributed by atoms with van der Waals surface area (Å²) in [4.78, 5) is 29.5. The van der Waals surface area contributed by atoms with Crippen LogP contribution in [0.15, 0.2) is 24.3 Å². The fraction of sp³-hybridized carbons (Fsp3) is 0.545. The Kier molecular flexibility index (Phi) is 4.94. The van der Waals surface area contributed by atoms with Crippen molar-refractivity contribution in [1.29, 1.82) is 0 Å². The Balaban J connectivity index is 1.45. The molecule has 0 spiro atoms.